The van der Waals surface area contributed by atoms with Crippen molar-refractivity contribution in [3.63, 3.8) is 0 Å². The summed E-state index contributed by atoms with van der Waals surface area (Å²) in [5.41, 5.74) is 0. The van der Waals surface area contributed by atoms with Crippen molar-refractivity contribution in [1.29, 1.82) is 0 Å². The molecule has 0 saturated heterocycles. The molecular weight excluding hydrogens is 130 g/mol. The summed E-state index contributed by atoms with van der Waals surface area (Å²) in [5.74, 6) is 0. The number of hydrogen-bond acceptors (Lipinski definition) is 3. The van der Waals surface area contributed by atoms with E-state index in [4.69, 9.17) is 10.3 Å². The Morgan fingerprint density at radius 3 is 2.20 bits per heavy atom. The molecule has 0 aliphatic heterocycles. The quantitative estimate of drug-likeness (QED) is 0.464. The molecule has 0 bridgehead atoms. The maximum atomic E-state index is 9.11. The second-order valence-corrected chi connectivity index (χ2v) is 2.65. The molecule has 0 aromatic heterocycles. The molecular formula is C7H17NO2. The van der Waals surface area contributed by atoms with Gasteiger partial charge in [-0.05, 0) is 20.3 Å². The second-order valence-electron chi connectivity index (χ2n) is 2.65. The van der Waals surface area contributed by atoms with Gasteiger partial charge in [-0.15, -0.1) is 0 Å². The lowest BCUT2D eigenvalue weighted by atomic mass is 10.2. The first-order valence-corrected chi connectivity index (χ1v) is 3.74. The molecule has 0 rings (SSSR count). The highest BCUT2D eigenvalue weighted by atomic mass is 16.5. The maximum Gasteiger partial charge on any atom is 0.127 e. The number of aliphatic hydroxyl groups is 1. The molecule has 62 valence electrons. The molecule has 3 heteroatoms. The van der Waals surface area contributed by atoms with E-state index in [1.807, 2.05) is 13.8 Å². The average molecular weight is 147 g/mol. The summed E-state index contributed by atoms with van der Waals surface area (Å²) in [7, 11) is 0. The van der Waals surface area contributed by atoms with Crippen LogP contribution in [0.3, 0.4) is 0 Å². The van der Waals surface area contributed by atoms with Gasteiger partial charge in [0.25, 0.3) is 0 Å². The van der Waals surface area contributed by atoms with E-state index in [0.29, 0.717) is 0 Å². The van der Waals surface area contributed by atoms with Crippen LogP contribution in [0.5, 0.6) is 0 Å². The summed E-state index contributed by atoms with van der Waals surface area (Å²) in [6.07, 6.45) is 1.16. The van der Waals surface area contributed by atoms with Gasteiger partial charge >= 0.3 is 0 Å². The monoisotopic (exact) mass is 147 g/mol. The predicted molar refractivity (Wildman–Crippen MR) is 39.7 cm³/mol. The first kappa shape index (κ1) is 9.88. The van der Waals surface area contributed by atoms with Crippen molar-refractivity contribution in [2.24, 2.45) is 0 Å². The smallest absolute Gasteiger partial charge is 0.127 e. The first-order valence-electron chi connectivity index (χ1n) is 3.74. The minimum Gasteiger partial charge on any atom is -0.377 e. The molecule has 0 aliphatic rings. The average Bonchev–Trinajstić information content (AvgIpc) is 1.87. The molecule has 0 spiro atoms. The Morgan fingerprint density at radius 1 is 1.40 bits per heavy atom. The van der Waals surface area contributed by atoms with Crippen molar-refractivity contribution in [2.45, 2.75) is 45.9 Å². The lowest BCUT2D eigenvalue weighted by molar-refractivity contribution is -0.212. The predicted octanol–water partition coefficient (Wildman–Crippen LogP) is 1.20. The zero-order valence-electron chi connectivity index (χ0n) is 6.91. The third kappa shape index (κ3) is 3.15. The molecule has 2 atom stereocenters. The fourth-order valence-electron chi connectivity index (χ4n) is 0.918. The van der Waals surface area contributed by atoms with E-state index in [0.717, 1.165) is 17.9 Å². The Labute approximate surface area is 62.2 Å². The highest BCUT2D eigenvalue weighted by molar-refractivity contribution is 4.57. The minimum atomic E-state index is -0.762. The highest BCUT2D eigenvalue weighted by Crippen LogP contribution is 2.05. The minimum absolute atomic E-state index is 0.0463. The number of aliphatic hydroxyl groups excluding tert-OH is 1. The normalized spacial score (nSPS) is 17.4. The Kier molecular flexibility index (Phi) is 4.60. The second kappa shape index (κ2) is 4.66. The van der Waals surface area contributed by atoms with Crippen molar-refractivity contribution >= 4 is 0 Å². The molecule has 3 nitrogen and oxygen atoms in total. The van der Waals surface area contributed by atoms with E-state index in [-0.39, 0.29) is 6.04 Å². The number of hydroxylamine groups is 2. The van der Waals surface area contributed by atoms with Crippen LogP contribution in [0.1, 0.15) is 33.6 Å². The van der Waals surface area contributed by atoms with E-state index in [9.17, 15) is 0 Å². The van der Waals surface area contributed by atoms with Gasteiger partial charge in [-0.3, -0.25) is 0 Å². The number of rotatable bonds is 4. The van der Waals surface area contributed by atoms with E-state index in [2.05, 4.69) is 0 Å². The van der Waals surface area contributed by atoms with E-state index in [1.54, 1.807) is 6.92 Å². The molecule has 0 radical (unpaired) electrons. The molecule has 10 heavy (non-hydrogen) atoms. The fraction of sp³-hybridized carbons (Fsp3) is 1.00. The van der Waals surface area contributed by atoms with Gasteiger partial charge in [0.2, 0.25) is 0 Å². The van der Waals surface area contributed by atoms with Gasteiger partial charge in [0.05, 0.1) is 0 Å². The van der Waals surface area contributed by atoms with Gasteiger partial charge in [0.1, 0.15) is 6.23 Å². The summed E-state index contributed by atoms with van der Waals surface area (Å²) in [4.78, 5) is 0. The van der Waals surface area contributed by atoms with Crippen LogP contribution in [0.15, 0.2) is 0 Å². The van der Waals surface area contributed by atoms with Crippen LogP contribution < -0.4 is 0 Å². The van der Waals surface area contributed by atoms with E-state index in [1.165, 1.54) is 0 Å². The zero-order chi connectivity index (χ0) is 8.15. The van der Waals surface area contributed by atoms with Crippen molar-refractivity contribution in [3.05, 3.63) is 0 Å². The largest absolute Gasteiger partial charge is 0.377 e. The topological polar surface area (TPSA) is 43.7 Å². The summed E-state index contributed by atoms with van der Waals surface area (Å²) < 4.78 is 0. The van der Waals surface area contributed by atoms with Crippen LogP contribution >= 0.6 is 0 Å². The molecule has 0 amide bonds. The van der Waals surface area contributed by atoms with Crippen LogP contribution in [0.25, 0.3) is 0 Å². The van der Waals surface area contributed by atoms with Gasteiger partial charge in [0, 0.05) is 6.04 Å². The SMILES string of the molecule is CCCC(C)N(O)C(C)O. The number of hydrogen-bond donors (Lipinski definition) is 2. The van der Waals surface area contributed by atoms with E-state index < -0.39 is 6.23 Å². The Bertz CT molecular complexity index is 85.7. The molecule has 0 fully saturated rings. The van der Waals surface area contributed by atoms with Gasteiger partial charge in [0.15, 0.2) is 0 Å². The van der Waals surface area contributed by atoms with Gasteiger partial charge in [-0.2, -0.15) is 5.06 Å². The molecule has 2 N–H and O–H groups in total. The van der Waals surface area contributed by atoms with Crippen LogP contribution in [0.2, 0.25) is 0 Å². The molecule has 0 saturated carbocycles. The van der Waals surface area contributed by atoms with Crippen molar-refractivity contribution < 1.29 is 10.3 Å². The third-order valence-electron chi connectivity index (χ3n) is 1.54. The summed E-state index contributed by atoms with van der Waals surface area (Å²) in [6.45, 7) is 5.48. The summed E-state index contributed by atoms with van der Waals surface area (Å²) in [5, 5.41) is 19.0. The van der Waals surface area contributed by atoms with E-state index >= 15 is 0 Å². The fourth-order valence-corrected chi connectivity index (χ4v) is 0.918. The van der Waals surface area contributed by atoms with Crippen LogP contribution in [-0.2, 0) is 0 Å². The van der Waals surface area contributed by atoms with Crippen LogP contribution in [-0.4, -0.2) is 27.6 Å². The summed E-state index contributed by atoms with van der Waals surface area (Å²) >= 11 is 0. The van der Waals surface area contributed by atoms with Crippen LogP contribution in [0, 0.1) is 0 Å². The number of nitrogens with zero attached hydrogens (tertiary/aromatic N) is 1. The van der Waals surface area contributed by atoms with Gasteiger partial charge in [-0.25, -0.2) is 0 Å². The standard InChI is InChI=1S/C7H17NO2/c1-4-5-6(2)8(10)7(3)9/h6-7,9-10H,4-5H2,1-3H3. The van der Waals surface area contributed by atoms with Crippen molar-refractivity contribution in [3.8, 4) is 0 Å². The molecule has 0 aromatic rings. The lowest BCUT2D eigenvalue weighted by Gasteiger charge is -2.24. The maximum absolute atomic E-state index is 9.11. The molecule has 0 aromatic carbocycles. The van der Waals surface area contributed by atoms with Gasteiger partial charge < -0.3 is 10.3 Å². The lowest BCUT2D eigenvalue weighted by Crippen LogP contribution is -2.37. The van der Waals surface area contributed by atoms with Crippen molar-refractivity contribution in [1.82, 2.24) is 5.06 Å². The van der Waals surface area contributed by atoms with Gasteiger partial charge in [-0.1, -0.05) is 13.3 Å². The zero-order valence-corrected chi connectivity index (χ0v) is 6.91. The highest BCUT2D eigenvalue weighted by Gasteiger charge is 2.13. The van der Waals surface area contributed by atoms with Crippen molar-refractivity contribution in [2.75, 3.05) is 0 Å². The Hall–Kier alpha value is -0.120. The molecule has 2 unspecified atom stereocenters. The summed E-state index contributed by atoms with van der Waals surface area (Å²) in [6, 6.07) is 0.0463. The molecule has 0 aliphatic carbocycles. The molecule has 0 heterocycles. The third-order valence-corrected chi connectivity index (χ3v) is 1.54. The Balaban J connectivity index is 3.58. The Morgan fingerprint density at radius 2 is 1.90 bits per heavy atom. The van der Waals surface area contributed by atoms with Crippen LogP contribution in [0.4, 0.5) is 0 Å². The first-order chi connectivity index (χ1) is 4.59.